The van der Waals surface area contributed by atoms with Crippen molar-refractivity contribution in [2.24, 2.45) is 5.73 Å². The highest BCUT2D eigenvalue weighted by Gasteiger charge is 2.14. The summed E-state index contributed by atoms with van der Waals surface area (Å²) in [5.74, 6) is -0.246. The van der Waals surface area contributed by atoms with Gasteiger partial charge in [0.05, 0.1) is 5.69 Å². The molecule has 1 rings (SSSR count). The molecule has 19 heavy (non-hydrogen) atoms. The van der Waals surface area contributed by atoms with Crippen LogP contribution in [-0.2, 0) is 14.8 Å². The van der Waals surface area contributed by atoms with Crippen LogP contribution in [0, 0.1) is 0 Å². The first kappa shape index (κ1) is 15.5. The van der Waals surface area contributed by atoms with E-state index in [0.717, 1.165) is 6.20 Å². The molecular weight excluding hydrogens is 288 g/mol. The summed E-state index contributed by atoms with van der Waals surface area (Å²) in [6, 6.07) is 2.78. The number of carbonyl (C=O) groups is 1. The molecule has 0 spiro atoms. The smallest absolute Gasteiger partial charge is 0.242 e. The summed E-state index contributed by atoms with van der Waals surface area (Å²) in [5.41, 5.74) is 5.71. The SMILES string of the molecule is CNC(=O)CCNS(=O)(=O)c1ccc(C(N)=S)nc1. The van der Waals surface area contributed by atoms with E-state index in [2.05, 4.69) is 15.0 Å². The van der Waals surface area contributed by atoms with Gasteiger partial charge in [-0.05, 0) is 12.1 Å². The third kappa shape index (κ3) is 4.54. The van der Waals surface area contributed by atoms with Crippen LogP contribution in [0.2, 0.25) is 0 Å². The molecule has 7 nitrogen and oxygen atoms in total. The summed E-state index contributed by atoms with van der Waals surface area (Å²) < 4.78 is 26.0. The summed E-state index contributed by atoms with van der Waals surface area (Å²) in [6.45, 7) is 0.0130. The predicted octanol–water partition coefficient (Wildman–Crippen LogP) is -0.870. The standard InChI is InChI=1S/C10H14N4O3S2/c1-12-9(15)4-5-14-19(16,17)7-2-3-8(10(11)18)13-6-7/h2-3,6,14H,4-5H2,1H3,(H2,11,18)(H,12,15). The van der Waals surface area contributed by atoms with E-state index in [9.17, 15) is 13.2 Å². The van der Waals surface area contributed by atoms with Crippen LogP contribution in [0.3, 0.4) is 0 Å². The van der Waals surface area contributed by atoms with Crippen molar-refractivity contribution in [1.29, 1.82) is 0 Å². The van der Waals surface area contributed by atoms with Crippen molar-refractivity contribution in [2.75, 3.05) is 13.6 Å². The molecule has 0 saturated heterocycles. The van der Waals surface area contributed by atoms with Gasteiger partial charge in [0.1, 0.15) is 9.88 Å². The average molecular weight is 302 g/mol. The van der Waals surface area contributed by atoms with E-state index in [0.29, 0.717) is 5.69 Å². The Morgan fingerprint density at radius 3 is 2.63 bits per heavy atom. The minimum absolute atomic E-state index is 0.00981. The van der Waals surface area contributed by atoms with Crippen molar-refractivity contribution >= 4 is 33.1 Å². The van der Waals surface area contributed by atoms with E-state index in [1.54, 1.807) is 0 Å². The van der Waals surface area contributed by atoms with Crippen LogP contribution < -0.4 is 15.8 Å². The van der Waals surface area contributed by atoms with Gasteiger partial charge in [0.25, 0.3) is 0 Å². The van der Waals surface area contributed by atoms with Crippen LogP contribution >= 0.6 is 12.2 Å². The molecule has 9 heteroatoms. The number of rotatable bonds is 6. The number of aromatic nitrogens is 1. The van der Waals surface area contributed by atoms with Crippen molar-refractivity contribution in [1.82, 2.24) is 15.0 Å². The molecule has 0 aliphatic carbocycles. The van der Waals surface area contributed by atoms with Gasteiger partial charge >= 0.3 is 0 Å². The Balaban J connectivity index is 2.72. The summed E-state index contributed by atoms with van der Waals surface area (Å²) in [4.78, 5) is 14.9. The van der Waals surface area contributed by atoms with E-state index < -0.39 is 10.0 Å². The molecule has 0 fully saturated rings. The van der Waals surface area contributed by atoms with Crippen LogP contribution in [0.15, 0.2) is 23.2 Å². The fourth-order valence-corrected chi connectivity index (χ4v) is 2.29. The van der Waals surface area contributed by atoms with Crippen molar-refractivity contribution in [3.63, 3.8) is 0 Å². The number of amides is 1. The van der Waals surface area contributed by atoms with E-state index >= 15 is 0 Å². The van der Waals surface area contributed by atoms with Gasteiger partial charge in [-0.25, -0.2) is 13.1 Å². The molecule has 1 heterocycles. The Kier molecular flexibility index (Phi) is 5.33. The molecule has 0 saturated carbocycles. The molecule has 0 unspecified atom stereocenters. The maximum absolute atomic E-state index is 11.8. The fourth-order valence-electron chi connectivity index (χ4n) is 1.19. The Morgan fingerprint density at radius 2 is 2.16 bits per heavy atom. The normalized spacial score (nSPS) is 11.0. The van der Waals surface area contributed by atoms with E-state index in [-0.39, 0.29) is 28.8 Å². The highest BCUT2D eigenvalue weighted by molar-refractivity contribution is 7.89. The minimum Gasteiger partial charge on any atom is -0.388 e. The summed E-state index contributed by atoms with van der Waals surface area (Å²) >= 11 is 4.72. The number of pyridine rings is 1. The number of hydrogen-bond donors (Lipinski definition) is 3. The third-order valence-electron chi connectivity index (χ3n) is 2.22. The second kappa shape index (κ2) is 6.55. The molecule has 0 radical (unpaired) electrons. The van der Waals surface area contributed by atoms with E-state index in [1.165, 1.54) is 19.2 Å². The first-order chi connectivity index (χ1) is 8.86. The molecule has 0 aliphatic rings. The summed E-state index contributed by atoms with van der Waals surface area (Å²) in [7, 11) is -2.20. The molecule has 1 aromatic heterocycles. The number of sulfonamides is 1. The zero-order valence-electron chi connectivity index (χ0n) is 10.2. The lowest BCUT2D eigenvalue weighted by Gasteiger charge is -2.06. The van der Waals surface area contributed by atoms with Gasteiger partial charge in [-0.15, -0.1) is 0 Å². The third-order valence-corrected chi connectivity index (χ3v) is 3.88. The lowest BCUT2D eigenvalue weighted by atomic mass is 10.3. The van der Waals surface area contributed by atoms with Gasteiger partial charge in [-0.3, -0.25) is 9.78 Å². The first-order valence-corrected chi connectivity index (χ1v) is 7.22. The lowest BCUT2D eigenvalue weighted by Crippen LogP contribution is -2.29. The van der Waals surface area contributed by atoms with Gasteiger partial charge in [-0.2, -0.15) is 0 Å². The van der Waals surface area contributed by atoms with Crippen LogP contribution in [0.5, 0.6) is 0 Å². The van der Waals surface area contributed by atoms with Crippen LogP contribution in [0.4, 0.5) is 0 Å². The van der Waals surface area contributed by atoms with Gasteiger partial charge in [0.2, 0.25) is 15.9 Å². The predicted molar refractivity (Wildman–Crippen MR) is 74.0 cm³/mol. The molecule has 1 aromatic rings. The lowest BCUT2D eigenvalue weighted by molar-refractivity contribution is -0.120. The largest absolute Gasteiger partial charge is 0.388 e. The van der Waals surface area contributed by atoms with Gasteiger partial charge in [0, 0.05) is 26.2 Å². The topological polar surface area (TPSA) is 114 Å². The summed E-state index contributed by atoms with van der Waals surface area (Å²) in [5, 5.41) is 2.40. The molecule has 0 atom stereocenters. The van der Waals surface area contributed by atoms with Crippen molar-refractivity contribution in [3.05, 3.63) is 24.0 Å². The molecule has 0 aliphatic heterocycles. The molecule has 0 bridgehead atoms. The van der Waals surface area contributed by atoms with Gasteiger partial charge in [0.15, 0.2) is 0 Å². The van der Waals surface area contributed by atoms with E-state index in [4.69, 9.17) is 18.0 Å². The average Bonchev–Trinajstić information content (AvgIpc) is 2.38. The van der Waals surface area contributed by atoms with Crippen molar-refractivity contribution in [3.8, 4) is 0 Å². The zero-order chi connectivity index (χ0) is 14.5. The second-order valence-corrected chi connectivity index (χ2v) is 5.77. The number of hydrogen-bond acceptors (Lipinski definition) is 5. The monoisotopic (exact) mass is 302 g/mol. The molecule has 0 aromatic carbocycles. The number of thiocarbonyl (C=S) groups is 1. The highest BCUT2D eigenvalue weighted by Crippen LogP contribution is 2.07. The second-order valence-electron chi connectivity index (χ2n) is 3.56. The number of nitrogens with zero attached hydrogens (tertiary/aromatic N) is 1. The molecule has 104 valence electrons. The Labute approximate surface area is 116 Å². The Bertz CT molecular complexity index is 569. The van der Waals surface area contributed by atoms with Crippen LogP contribution in [0.1, 0.15) is 12.1 Å². The number of nitrogens with two attached hydrogens (primary N) is 1. The van der Waals surface area contributed by atoms with Crippen molar-refractivity contribution in [2.45, 2.75) is 11.3 Å². The maximum Gasteiger partial charge on any atom is 0.242 e. The molecule has 1 amide bonds. The summed E-state index contributed by atoms with van der Waals surface area (Å²) in [6.07, 6.45) is 1.23. The van der Waals surface area contributed by atoms with Gasteiger partial charge in [-0.1, -0.05) is 12.2 Å². The molecule has 4 N–H and O–H groups in total. The van der Waals surface area contributed by atoms with Crippen molar-refractivity contribution < 1.29 is 13.2 Å². The van der Waals surface area contributed by atoms with Crippen LogP contribution in [-0.4, -0.2) is 37.9 Å². The highest BCUT2D eigenvalue weighted by atomic mass is 32.2. The first-order valence-electron chi connectivity index (χ1n) is 5.33. The molecular formula is C10H14N4O3S2. The fraction of sp³-hybridized carbons (Fsp3) is 0.300. The van der Waals surface area contributed by atoms with Gasteiger partial charge < -0.3 is 11.1 Å². The Hall–Kier alpha value is -1.58. The number of carbonyl (C=O) groups excluding carboxylic acids is 1. The maximum atomic E-state index is 11.8. The minimum atomic E-state index is -3.68. The Morgan fingerprint density at radius 1 is 1.47 bits per heavy atom. The number of nitrogens with one attached hydrogen (secondary N) is 2. The zero-order valence-corrected chi connectivity index (χ0v) is 11.8. The quantitative estimate of drug-likeness (QED) is 0.589. The van der Waals surface area contributed by atoms with Crippen LogP contribution in [0.25, 0.3) is 0 Å². The van der Waals surface area contributed by atoms with E-state index in [1.807, 2.05) is 0 Å².